The molecule has 0 aliphatic heterocycles. The third-order valence-corrected chi connectivity index (χ3v) is 3.62. The second-order valence-corrected chi connectivity index (χ2v) is 5.31. The van der Waals surface area contributed by atoms with Gasteiger partial charge in [-0.3, -0.25) is 4.68 Å². The molecule has 0 saturated carbocycles. The van der Waals surface area contributed by atoms with E-state index in [1.165, 1.54) is 16.8 Å². The summed E-state index contributed by atoms with van der Waals surface area (Å²) in [5, 5.41) is 7.79. The molecule has 0 amide bonds. The minimum absolute atomic E-state index is 0.942. The molecule has 1 N–H and O–H groups in total. The SMILES string of the molecule is CNCCc1nn(C)c(C)c1-c1cccc(Br)c1. The van der Waals surface area contributed by atoms with Gasteiger partial charge in [-0.1, -0.05) is 28.1 Å². The van der Waals surface area contributed by atoms with E-state index in [2.05, 4.69) is 51.5 Å². The number of hydrogen-bond acceptors (Lipinski definition) is 2. The molecule has 2 rings (SSSR count). The number of aryl methyl sites for hydroxylation is 1. The Morgan fingerprint density at radius 3 is 2.83 bits per heavy atom. The highest BCUT2D eigenvalue weighted by Crippen LogP contribution is 2.29. The van der Waals surface area contributed by atoms with Crippen LogP contribution in [0.15, 0.2) is 28.7 Å². The molecular formula is C14H18BrN3. The van der Waals surface area contributed by atoms with Crippen LogP contribution < -0.4 is 5.32 Å². The van der Waals surface area contributed by atoms with Crippen molar-refractivity contribution < 1.29 is 0 Å². The molecule has 0 bridgehead atoms. The van der Waals surface area contributed by atoms with Gasteiger partial charge in [-0.05, 0) is 31.7 Å². The lowest BCUT2D eigenvalue weighted by Crippen LogP contribution is -2.11. The van der Waals surface area contributed by atoms with E-state index < -0.39 is 0 Å². The minimum Gasteiger partial charge on any atom is -0.319 e. The fourth-order valence-corrected chi connectivity index (χ4v) is 2.51. The Morgan fingerprint density at radius 1 is 1.39 bits per heavy atom. The molecule has 0 saturated heterocycles. The lowest BCUT2D eigenvalue weighted by molar-refractivity contribution is 0.703. The smallest absolute Gasteiger partial charge is 0.0718 e. The molecule has 96 valence electrons. The first kappa shape index (κ1) is 13.3. The lowest BCUT2D eigenvalue weighted by atomic mass is 10.0. The molecule has 1 aromatic carbocycles. The molecule has 0 aliphatic rings. The molecular weight excluding hydrogens is 290 g/mol. The van der Waals surface area contributed by atoms with E-state index in [1.54, 1.807) is 0 Å². The van der Waals surface area contributed by atoms with Crippen molar-refractivity contribution in [3.05, 3.63) is 40.1 Å². The van der Waals surface area contributed by atoms with E-state index in [0.29, 0.717) is 0 Å². The second kappa shape index (κ2) is 5.67. The van der Waals surface area contributed by atoms with E-state index in [-0.39, 0.29) is 0 Å². The Bertz CT molecular complexity index is 546. The summed E-state index contributed by atoms with van der Waals surface area (Å²) in [6, 6.07) is 8.39. The molecule has 0 radical (unpaired) electrons. The summed E-state index contributed by atoms with van der Waals surface area (Å²) in [5.74, 6) is 0. The molecule has 3 nitrogen and oxygen atoms in total. The van der Waals surface area contributed by atoms with Gasteiger partial charge in [0.15, 0.2) is 0 Å². The van der Waals surface area contributed by atoms with E-state index in [9.17, 15) is 0 Å². The first-order valence-electron chi connectivity index (χ1n) is 6.06. The van der Waals surface area contributed by atoms with Crippen molar-refractivity contribution >= 4 is 15.9 Å². The van der Waals surface area contributed by atoms with Crippen LogP contribution in [-0.4, -0.2) is 23.4 Å². The van der Waals surface area contributed by atoms with Crippen LogP contribution in [0.2, 0.25) is 0 Å². The number of hydrogen-bond donors (Lipinski definition) is 1. The van der Waals surface area contributed by atoms with Gasteiger partial charge in [0, 0.05) is 35.7 Å². The highest BCUT2D eigenvalue weighted by atomic mass is 79.9. The number of benzene rings is 1. The number of nitrogens with one attached hydrogen (secondary N) is 1. The van der Waals surface area contributed by atoms with Crippen molar-refractivity contribution in [2.45, 2.75) is 13.3 Å². The van der Waals surface area contributed by atoms with Crippen LogP contribution in [0.1, 0.15) is 11.4 Å². The molecule has 1 aromatic heterocycles. The highest BCUT2D eigenvalue weighted by molar-refractivity contribution is 9.10. The molecule has 0 aliphatic carbocycles. The van der Waals surface area contributed by atoms with Gasteiger partial charge in [0.1, 0.15) is 0 Å². The number of halogens is 1. The molecule has 4 heteroatoms. The van der Waals surface area contributed by atoms with Crippen molar-refractivity contribution in [3.63, 3.8) is 0 Å². The lowest BCUT2D eigenvalue weighted by Gasteiger charge is -2.05. The normalized spacial score (nSPS) is 10.9. The maximum atomic E-state index is 4.62. The standard InChI is InChI=1S/C14H18BrN3/c1-10-14(11-5-4-6-12(15)9-11)13(7-8-16-2)17-18(10)3/h4-6,9,16H,7-8H2,1-3H3. The zero-order chi connectivity index (χ0) is 13.1. The number of nitrogens with zero attached hydrogens (tertiary/aromatic N) is 2. The average Bonchev–Trinajstić information content (AvgIpc) is 2.62. The Hall–Kier alpha value is -1.13. The van der Waals surface area contributed by atoms with Crippen LogP contribution in [0, 0.1) is 6.92 Å². The van der Waals surface area contributed by atoms with Crippen LogP contribution in [0.4, 0.5) is 0 Å². The zero-order valence-corrected chi connectivity index (χ0v) is 12.6. The van der Waals surface area contributed by atoms with Gasteiger partial charge < -0.3 is 5.32 Å². The summed E-state index contributed by atoms with van der Waals surface area (Å²) in [7, 11) is 3.97. The molecule has 0 unspecified atom stereocenters. The number of aromatic nitrogens is 2. The first-order chi connectivity index (χ1) is 8.63. The molecule has 2 aromatic rings. The summed E-state index contributed by atoms with van der Waals surface area (Å²) in [4.78, 5) is 0. The first-order valence-corrected chi connectivity index (χ1v) is 6.85. The van der Waals surface area contributed by atoms with Crippen molar-refractivity contribution in [1.29, 1.82) is 0 Å². The largest absolute Gasteiger partial charge is 0.319 e. The van der Waals surface area contributed by atoms with Crippen LogP contribution in [0.5, 0.6) is 0 Å². The van der Waals surface area contributed by atoms with Crippen LogP contribution >= 0.6 is 15.9 Å². The fourth-order valence-electron chi connectivity index (χ4n) is 2.11. The minimum atomic E-state index is 0.942. The van der Waals surface area contributed by atoms with Crippen LogP contribution in [0.25, 0.3) is 11.1 Å². The maximum absolute atomic E-state index is 4.62. The number of likely N-dealkylation sites (N-methyl/N-ethyl adjacent to an activating group) is 1. The predicted molar refractivity (Wildman–Crippen MR) is 78.7 cm³/mol. The summed E-state index contributed by atoms with van der Waals surface area (Å²) < 4.78 is 3.06. The summed E-state index contributed by atoms with van der Waals surface area (Å²) in [5.41, 5.74) is 4.84. The van der Waals surface area contributed by atoms with Gasteiger partial charge in [-0.15, -0.1) is 0 Å². The molecule has 0 fully saturated rings. The zero-order valence-electron chi connectivity index (χ0n) is 11.0. The molecule has 18 heavy (non-hydrogen) atoms. The van der Waals surface area contributed by atoms with Gasteiger partial charge in [-0.2, -0.15) is 5.10 Å². The maximum Gasteiger partial charge on any atom is 0.0718 e. The fraction of sp³-hybridized carbons (Fsp3) is 0.357. The Kier molecular flexibility index (Phi) is 4.19. The highest BCUT2D eigenvalue weighted by Gasteiger charge is 2.14. The van der Waals surface area contributed by atoms with Gasteiger partial charge in [0.2, 0.25) is 0 Å². The number of rotatable bonds is 4. The monoisotopic (exact) mass is 307 g/mol. The topological polar surface area (TPSA) is 29.9 Å². The van der Waals surface area contributed by atoms with E-state index in [0.717, 1.165) is 23.1 Å². The predicted octanol–water partition coefficient (Wildman–Crippen LogP) is 2.92. The van der Waals surface area contributed by atoms with Crippen molar-refractivity contribution in [2.24, 2.45) is 7.05 Å². The average molecular weight is 308 g/mol. The Labute approximate surface area is 116 Å². The van der Waals surface area contributed by atoms with Gasteiger partial charge >= 0.3 is 0 Å². The summed E-state index contributed by atoms with van der Waals surface area (Å²) in [6.45, 7) is 3.06. The van der Waals surface area contributed by atoms with Gasteiger partial charge in [0.05, 0.1) is 5.69 Å². The Morgan fingerprint density at radius 2 is 2.17 bits per heavy atom. The van der Waals surface area contributed by atoms with Gasteiger partial charge in [0.25, 0.3) is 0 Å². The summed E-state index contributed by atoms with van der Waals surface area (Å²) in [6.07, 6.45) is 0.944. The van der Waals surface area contributed by atoms with Crippen molar-refractivity contribution in [1.82, 2.24) is 15.1 Å². The van der Waals surface area contributed by atoms with Crippen molar-refractivity contribution in [2.75, 3.05) is 13.6 Å². The molecule has 1 heterocycles. The van der Waals surface area contributed by atoms with Crippen LogP contribution in [0.3, 0.4) is 0 Å². The van der Waals surface area contributed by atoms with E-state index in [4.69, 9.17) is 0 Å². The van der Waals surface area contributed by atoms with Gasteiger partial charge in [-0.25, -0.2) is 0 Å². The molecule has 0 spiro atoms. The Balaban J connectivity index is 2.48. The van der Waals surface area contributed by atoms with Crippen LogP contribution in [-0.2, 0) is 13.5 Å². The second-order valence-electron chi connectivity index (χ2n) is 4.39. The third-order valence-electron chi connectivity index (χ3n) is 3.13. The third kappa shape index (κ3) is 2.65. The van der Waals surface area contributed by atoms with E-state index in [1.807, 2.05) is 24.8 Å². The molecule has 0 atom stereocenters. The quantitative estimate of drug-likeness (QED) is 0.941. The van der Waals surface area contributed by atoms with Crippen molar-refractivity contribution in [3.8, 4) is 11.1 Å². The van der Waals surface area contributed by atoms with E-state index >= 15 is 0 Å². The summed E-state index contributed by atoms with van der Waals surface area (Å²) >= 11 is 3.53.